The fourth-order valence-electron chi connectivity index (χ4n) is 5.03. The normalized spacial score (nSPS) is 19.0. The highest BCUT2D eigenvalue weighted by Crippen LogP contribution is 2.37. The first-order chi connectivity index (χ1) is 22.3. The van der Waals surface area contributed by atoms with E-state index < -0.39 is 42.4 Å². The number of anilines is 2. The summed E-state index contributed by atoms with van der Waals surface area (Å²) in [7, 11) is 0. The van der Waals surface area contributed by atoms with Gasteiger partial charge in [0.15, 0.2) is 29.7 Å². The van der Waals surface area contributed by atoms with Gasteiger partial charge in [0, 0.05) is 0 Å². The molecule has 3 aromatic carbocycles. The maximum absolute atomic E-state index is 13.4. The Kier molecular flexibility index (Phi) is 8.34. The Balaban J connectivity index is 1.43. The molecule has 46 heavy (non-hydrogen) atoms. The molecule has 5 aromatic rings. The highest BCUT2D eigenvalue weighted by atomic mass is 16.7. The van der Waals surface area contributed by atoms with Gasteiger partial charge < -0.3 is 30.4 Å². The lowest BCUT2D eigenvalue weighted by atomic mass is 10.1. The molecule has 3 heterocycles. The average Bonchev–Trinajstić information content (AvgIpc) is 3.63. The number of ether oxygens (including phenoxy) is 4. The van der Waals surface area contributed by atoms with Crippen molar-refractivity contribution in [3.63, 3.8) is 0 Å². The Morgan fingerprint density at radius 2 is 1.28 bits per heavy atom. The third-order valence-electron chi connectivity index (χ3n) is 7.18. The molecule has 5 N–H and O–H groups in total. The van der Waals surface area contributed by atoms with E-state index >= 15 is 0 Å². The molecule has 1 aliphatic heterocycles. The van der Waals surface area contributed by atoms with Crippen molar-refractivity contribution in [3.8, 4) is 0 Å². The van der Waals surface area contributed by atoms with Gasteiger partial charge in [0.25, 0.3) is 0 Å². The van der Waals surface area contributed by atoms with Crippen LogP contribution in [0.15, 0.2) is 97.3 Å². The van der Waals surface area contributed by atoms with Gasteiger partial charge in [-0.15, -0.1) is 0 Å². The van der Waals surface area contributed by atoms with E-state index in [2.05, 4.69) is 15.0 Å². The van der Waals surface area contributed by atoms with Crippen molar-refractivity contribution >= 4 is 40.7 Å². The summed E-state index contributed by atoms with van der Waals surface area (Å²) in [4.78, 5) is 51.9. The van der Waals surface area contributed by atoms with Crippen molar-refractivity contribution in [1.29, 1.82) is 5.41 Å². The molecule has 2 aromatic heterocycles. The maximum atomic E-state index is 13.4. The monoisotopic (exact) mass is 621 g/mol. The smallest absolute Gasteiger partial charge is 0.338 e. The van der Waals surface area contributed by atoms with E-state index in [0.717, 1.165) is 0 Å². The lowest BCUT2D eigenvalue weighted by molar-refractivity contribution is -0.0604. The first-order valence-corrected chi connectivity index (χ1v) is 14.0. The topological polar surface area (TPSA) is 208 Å². The van der Waals surface area contributed by atoms with Crippen molar-refractivity contribution in [2.24, 2.45) is 0 Å². The maximum Gasteiger partial charge on any atom is 0.338 e. The fraction of sp³-hybridized carbons (Fsp3) is 0.156. The average molecular weight is 622 g/mol. The van der Waals surface area contributed by atoms with Crippen molar-refractivity contribution < 1.29 is 33.3 Å². The molecule has 14 heteroatoms. The molecule has 0 bridgehead atoms. The van der Waals surface area contributed by atoms with Gasteiger partial charge in [-0.3, -0.25) is 9.98 Å². The van der Waals surface area contributed by atoms with Crippen LogP contribution in [0.1, 0.15) is 37.3 Å². The van der Waals surface area contributed by atoms with Gasteiger partial charge in [-0.1, -0.05) is 54.6 Å². The second kappa shape index (κ2) is 12.8. The standard InChI is InChI=1S/C32H27N7O7/c33-26-22-23(27(34)38-32(35)37-26)39(17-36-22)28-25(46-31(42)20-14-8-3-9-15-20)24(45-30(41)19-12-6-2-7-13-19)21(44-28)16-43-29(40)18-10-4-1-5-11-18/h1-15,17,21,24-25,28H,16H2,(H5,33,34,35,37,38)/t21-,24-,25-,28-/m1/s1. The number of nitrogens with one attached hydrogen (secondary N) is 1. The highest BCUT2D eigenvalue weighted by Gasteiger charge is 2.52. The predicted octanol–water partition coefficient (Wildman–Crippen LogP) is 2.68. The fourth-order valence-corrected chi connectivity index (χ4v) is 5.03. The quantitative estimate of drug-likeness (QED) is 0.169. The minimum Gasteiger partial charge on any atom is -0.459 e. The lowest BCUT2D eigenvalue weighted by Gasteiger charge is -2.25. The largest absolute Gasteiger partial charge is 0.459 e. The predicted molar refractivity (Wildman–Crippen MR) is 162 cm³/mol. The minimum atomic E-state index is -1.33. The van der Waals surface area contributed by atoms with Crippen LogP contribution in [0.3, 0.4) is 0 Å². The first kappa shape index (κ1) is 29.9. The van der Waals surface area contributed by atoms with Crippen LogP contribution in [0, 0.1) is 5.41 Å². The number of carbonyl (C=O) groups is 3. The molecule has 232 valence electrons. The number of aromatic nitrogens is 4. The minimum absolute atomic E-state index is 0.0372. The van der Waals surface area contributed by atoms with E-state index in [1.54, 1.807) is 91.0 Å². The number of hydrogen-bond donors (Lipinski definition) is 3. The number of imidazole rings is 1. The van der Waals surface area contributed by atoms with Crippen LogP contribution in [0.4, 0.5) is 11.8 Å². The third kappa shape index (κ3) is 6.09. The van der Waals surface area contributed by atoms with Crippen molar-refractivity contribution in [3.05, 3.63) is 120 Å². The van der Waals surface area contributed by atoms with Crippen LogP contribution in [-0.4, -0.2) is 62.3 Å². The Morgan fingerprint density at radius 3 is 1.85 bits per heavy atom. The van der Waals surface area contributed by atoms with Crippen LogP contribution < -0.4 is 17.0 Å². The molecule has 0 radical (unpaired) electrons. The number of nitrogen functional groups attached to an aromatic ring is 2. The second-order valence-electron chi connectivity index (χ2n) is 10.2. The summed E-state index contributed by atoms with van der Waals surface area (Å²) in [5, 5.41) is 8.33. The molecular weight excluding hydrogens is 594 g/mol. The van der Waals surface area contributed by atoms with Gasteiger partial charge in [0.05, 0.1) is 23.0 Å². The van der Waals surface area contributed by atoms with Crippen LogP contribution in [0.2, 0.25) is 0 Å². The Morgan fingerprint density at radius 1 is 0.761 bits per heavy atom. The SMILES string of the molecule is N=c1nc(N)nc(N)c2c1ncn2[C@@H]1O[C@H](COC(=O)c2ccccc2)[C@@H](OC(=O)c2ccccc2)[C@H]1OC(=O)c1ccccc1. The van der Waals surface area contributed by atoms with Gasteiger partial charge in [0.2, 0.25) is 5.95 Å². The van der Waals surface area contributed by atoms with Gasteiger partial charge in [0.1, 0.15) is 23.7 Å². The first-order valence-electron chi connectivity index (χ1n) is 14.0. The molecule has 0 aliphatic carbocycles. The Hall–Kier alpha value is -6.15. The molecule has 0 unspecified atom stereocenters. The van der Waals surface area contributed by atoms with E-state index in [9.17, 15) is 14.4 Å². The molecule has 0 amide bonds. The summed E-state index contributed by atoms with van der Waals surface area (Å²) in [6, 6.07) is 24.7. The van der Waals surface area contributed by atoms with Gasteiger partial charge in [-0.2, -0.15) is 9.97 Å². The number of carbonyl (C=O) groups excluding carboxylic acids is 3. The zero-order valence-electron chi connectivity index (χ0n) is 24.1. The molecular formula is C32H27N7O7. The lowest BCUT2D eigenvalue weighted by Crippen LogP contribution is -2.41. The van der Waals surface area contributed by atoms with E-state index in [4.69, 9.17) is 35.8 Å². The number of rotatable bonds is 8. The van der Waals surface area contributed by atoms with E-state index in [-0.39, 0.29) is 46.0 Å². The van der Waals surface area contributed by atoms with Crippen molar-refractivity contribution in [1.82, 2.24) is 19.5 Å². The number of nitrogens with zero attached hydrogens (tertiary/aromatic N) is 4. The summed E-state index contributed by atoms with van der Waals surface area (Å²) in [6.45, 7) is -0.386. The Bertz CT molecular complexity index is 1960. The summed E-state index contributed by atoms with van der Waals surface area (Å²) < 4.78 is 25.3. The van der Waals surface area contributed by atoms with Crippen molar-refractivity contribution in [2.45, 2.75) is 24.5 Å². The van der Waals surface area contributed by atoms with Crippen molar-refractivity contribution in [2.75, 3.05) is 18.1 Å². The van der Waals surface area contributed by atoms with E-state index in [0.29, 0.717) is 5.56 Å². The molecule has 6 rings (SSSR count). The zero-order valence-corrected chi connectivity index (χ0v) is 24.1. The van der Waals surface area contributed by atoms with Crippen LogP contribution >= 0.6 is 0 Å². The van der Waals surface area contributed by atoms with Crippen LogP contribution in [-0.2, 0) is 18.9 Å². The molecule has 0 spiro atoms. The second-order valence-corrected chi connectivity index (χ2v) is 10.2. The third-order valence-corrected chi connectivity index (χ3v) is 7.18. The van der Waals surface area contributed by atoms with Gasteiger partial charge >= 0.3 is 17.9 Å². The molecule has 4 atom stereocenters. The summed E-state index contributed by atoms with van der Waals surface area (Å²) in [5.74, 6) is -2.51. The number of nitrogens with two attached hydrogens (primary N) is 2. The van der Waals surface area contributed by atoms with E-state index in [1.165, 1.54) is 10.9 Å². The highest BCUT2D eigenvalue weighted by molar-refractivity contribution is 5.91. The molecule has 0 saturated carbocycles. The summed E-state index contributed by atoms with van der Waals surface area (Å²) >= 11 is 0. The molecule has 1 fully saturated rings. The molecule has 1 aliphatic rings. The Labute approximate surface area is 261 Å². The summed E-state index contributed by atoms with van der Waals surface area (Å²) in [6.07, 6.45) is -3.71. The molecule has 14 nitrogen and oxygen atoms in total. The summed E-state index contributed by atoms with van der Waals surface area (Å²) in [5.41, 5.74) is 12.6. The number of fused-ring (bicyclic) bond motifs is 1. The number of esters is 3. The van der Waals surface area contributed by atoms with Crippen LogP contribution in [0.25, 0.3) is 11.0 Å². The number of benzene rings is 3. The van der Waals surface area contributed by atoms with Gasteiger partial charge in [-0.05, 0) is 36.4 Å². The molecule has 1 saturated heterocycles. The van der Waals surface area contributed by atoms with Crippen LogP contribution in [0.5, 0.6) is 0 Å². The number of hydrogen-bond acceptors (Lipinski definition) is 13. The van der Waals surface area contributed by atoms with Gasteiger partial charge in [-0.25, -0.2) is 19.4 Å². The zero-order chi connectivity index (χ0) is 32.2. The van der Waals surface area contributed by atoms with E-state index in [1.807, 2.05) is 0 Å².